The van der Waals surface area contributed by atoms with Gasteiger partial charge >= 0.3 is 10.1 Å². The fraction of sp³-hybridized carbons (Fsp3) is 0.381. The number of carbonyl (C=O) groups excluding carboxylic acids is 1. The zero-order valence-electron chi connectivity index (χ0n) is 16.3. The topological polar surface area (TPSA) is 63.7 Å². The Kier molecular flexibility index (Phi) is 7.89. The number of amides is 1. The van der Waals surface area contributed by atoms with Crippen molar-refractivity contribution >= 4 is 27.6 Å². The number of rotatable bonds is 9. The maximum Gasteiger partial charge on any atom is 0.308 e. The second kappa shape index (κ2) is 9.94. The average molecular weight is 424 g/mol. The molecule has 0 radical (unpaired) electrons. The van der Waals surface area contributed by atoms with Gasteiger partial charge in [-0.05, 0) is 43.5 Å². The summed E-state index contributed by atoms with van der Waals surface area (Å²) < 4.78 is 28.5. The highest BCUT2D eigenvalue weighted by atomic mass is 35.5. The Bertz CT molecular complexity index is 886. The van der Waals surface area contributed by atoms with E-state index in [2.05, 4.69) is 0 Å². The molecule has 2 aromatic rings. The van der Waals surface area contributed by atoms with Crippen molar-refractivity contribution in [2.45, 2.75) is 45.2 Å². The number of carbonyl (C=O) groups is 1. The van der Waals surface area contributed by atoms with E-state index < -0.39 is 15.5 Å². The molecule has 0 aromatic heterocycles. The van der Waals surface area contributed by atoms with Gasteiger partial charge in [0.1, 0.15) is 11.1 Å². The molecule has 0 spiro atoms. The molecule has 5 nitrogen and oxygen atoms in total. The first-order valence-electron chi connectivity index (χ1n) is 9.28. The molecule has 0 unspecified atom stereocenters. The van der Waals surface area contributed by atoms with Gasteiger partial charge in [0.15, 0.2) is 0 Å². The van der Waals surface area contributed by atoms with E-state index in [0.29, 0.717) is 6.54 Å². The summed E-state index contributed by atoms with van der Waals surface area (Å²) in [5.41, 5.74) is 1.52. The van der Waals surface area contributed by atoms with Crippen LogP contribution in [0.5, 0.6) is 5.75 Å². The Morgan fingerprint density at radius 2 is 1.79 bits per heavy atom. The number of hydrogen-bond donors (Lipinski definition) is 0. The first kappa shape index (κ1) is 22.2. The molecule has 2 rings (SSSR count). The molecular weight excluding hydrogens is 398 g/mol. The van der Waals surface area contributed by atoms with Gasteiger partial charge in [-0.2, -0.15) is 8.42 Å². The fourth-order valence-corrected chi connectivity index (χ4v) is 3.46. The normalized spacial score (nSPS) is 13.6. The summed E-state index contributed by atoms with van der Waals surface area (Å²) in [6, 6.07) is 16.0. The van der Waals surface area contributed by atoms with Crippen molar-refractivity contribution in [3.63, 3.8) is 0 Å². The van der Waals surface area contributed by atoms with Gasteiger partial charge < -0.3 is 9.08 Å². The summed E-state index contributed by atoms with van der Waals surface area (Å²) in [7, 11) is -3.61. The molecule has 0 saturated carbocycles. The van der Waals surface area contributed by atoms with Gasteiger partial charge in [0.05, 0.1) is 5.75 Å². The van der Waals surface area contributed by atoms with Crippen LogP contribution in [0.1, 0.15) is 43.7 Å². The van der Waals surface area contributed by atoms with Crippen LogP contribution in [0.2, 0.25) is 0 Å². The fourth-order valence-electron chi connectivity index (χ4n) is 2.68. The maximum atomic E-state index is 13.1. The van der Waals surface area contributed by atoms with E-state index in [1.807, 2.05) is 50.2 Å². The third-order valence-electron chi connectivity index (χ3n) is 4.54. The Morgan fingerprint density at radius 3 is 2.39 bits per heavy atom. The van der Waals surface area contributed by atoms with E-state index in [-0.39, 0.29) is 23.5 Å². The number of alkyl halides is 1. The molecule has 7 heteroatoms. The van der Waals surface area contributed by atoms with Gasteiger partial charge in [0.25, 0.3) is 0 Å². The van der Waals surface area contributed by atoms with Crippen molar-refractivity contribution in [2.75, 3.05) is 5.75 Å². The number of hydrogen-bond acceptors (Lipinski definition) is 4. The lowest BCUT2D eigenvalue weighted by molar-refractivity contribution is -0.133. The van der Waals surface area contributed by atoms with E-state index in [1.165, 1.54) is 6.92 Å². The molecule has 1 amide bonds. The monoisotopic (exact) mass is 423 g/mol. The van der Waals surface area contributed by atoms with Crippen LogP contribution >= 0.6 is 11.6 Å². The van der Waals surface area contributed by atoms with Crippen LogP contribution in [0, 0.1) is 0 Å². The zero-order valence-corrected chi connectivity index (χ0v) is 17.9. The van der Waals surface area contributed by atoms with E-state index in [0.717, 1.165) is 17.5 Å². The van der Waals surface area contributed by atoms with Gasteiger partial charge in [0.2, 0.25) is 5.91 Å². The highest BCUT2D eigenvalue weighted by Gasteiger charge is 2.27. The number of benzene rings is 2. The molecule has 0 bridgehead atoms. The number of nitrogens with zero attached hydrogens (tertiary/aromatic N) is 1. The van der Waals surface area contributed by atoms with Crippen molar-refractivity contribution in [1.29, 1.82) is 0 Å². The summed E-state index contributed by atoms with van der Waals surface area (Å²) in [4.78, 5) is 14.8. The minimum absolute atomic E-state index is 0.0265. The van der Waals surface area contributed by atoms with E-state index in [1.54, 1.807) is 23.1 Å². The lowest BCUT2D eigenvalue weighted by Gasteiger charge is -2.30. The SMILES string of the molecule is CC[C@@H](C)N(Cc1cccc(OS(=O)(=O)CC)c1)C(=O)[C@H](Cl)c1ccccc1. The van der Waals surface area contributed by atoms with Gasteiger partial charge in [-0.3, -0.25) is 4.79 Å². The Hall–Kier alpha value is -2.05. The Balaban J connectivity index is 2.24. The van der Waals surface area contributed by atoms with E-state index in [4.69, 9.17) is 15.8 Å². The molecular formula is C21H26ClNO4S. The third kappa shape index (κ3) is 5.97. The van der Waals surface area contributed by atoms with Crippen LogP contribution in [0.4, 0.5) is 0 Å². The lowest BCUT2D eigenvalue weighted by Crippen LogP contribution is -2.39. The molecule has 0 aliphatic rings. The van der Waals surface area contributed by atoms with Gasteiger partial charge in [-0.25, -0.2) is 0 Å². The first-order valence-corrected chi connectivity index (χ1v) is 11.3. The molecule has 0 saturated heterocycles. The van der Waals surface area contributed by atoms with Crippen LogP contribution in [0.15, 0.2) is 54.6 Å². The molecule has 0 heterocycles. The second-order valence-electron chi connectivity index (χ2n) is 6.57. The highest BCUT2D eigenvalue weighted by molar-refractivity contribution is 7.87. The van der Waals surface area contributed by atoms with Crippen LogP contribution < -0.4 is 4.18 Å². The van der Waals surface area contributed by atoms with Crippen molar-refractivity contribution in [2.24, 2.45) is 0 Å². The predicted molar refractivity (Wildman–Crippen MR) is 112 cm³/mol. The molecule has 28 heavy (non-hydrogen) atoms. The standard InChI is InChI=1S/C21H26ClNO4S/c1-4-16(3)23(21(24)20(22)18-11-7-6-8-12-18)15-17-10-9-13-19(14-17)27-28(25,26)5-2/h6-14,16,20H,4-5,15H2,1-3H3/t16-,20-/m1/s1. The van der Waals surface area contributed by atoms with Crippen molar-refractivity contribution in [3.05, 3.63) is 65.7 Å². The largest absolute Gasteiger partial charge is 0.382 e. The summed E-state index contributed by atoms with van der Waals surface area (Å²) in [6.07, 6.45) is 0.768. The van der Waals surface area contributed by atoms with Crippen molar-refractivity contribution in [3.8, 4) is 5.75 Å². The zero-order chi connectivity index (χ0) is 20.7. The molecule has 2 atom stereocenters. The summed E-state index contributed by atoms with van der Waals surface area (Å²) >= 11 is 6.46. The Labute approximate surface area is 172 Å². The van der Waals surface area contributed by atoms with Crippen LogP contribution in [-0.4, -0.2) is 31.0 Å². The van der Waals surface area contributed by atoms with E-state index in [9.17, 15) is 13.2 Å². The Morgan fingerprint density at radius 1 is 1.11 bits per heavy atom. The van der Waals surface area contributed by atoms with Crippen LogP contribution in [0.3, 0.4) is 0 Å². The number of halogens is 1. The maximum absolute atomic E-state index is 13.1. The summed E-state index contributed by atoms with van der Waals surface area (Å²) in [5, 5.41) is -0.782. The molecule has 0 aliphatic heterocycles. The van der Waals surface area contributed by atoms with Gasteiger partial charge in [0, 0.05) is 12.6 Å². The quantitative estimate of drug-likeness (QED) is 0.439. The average Bonchev–Trinajstić information content (AvgIpc) is 2.71. The first-order chi connectivity index (χ1) is 13.3. The summed E-state index contributed by atoms with van der Waals surface area (Å²) in [6.45, 7) is 5.80. The van der Waals surface area contributed by atoms with E-state index >= 15 is 0 Å². The minimum atomic E-state index is -3.61. The molecule has 0 fully saturated rings. The summed E-state index contributed by atoms with van der Waals surface area (Å²) in [5.74, 6) is -0.0595. The predicted octanol–water partition coefficient (Wildman–Crippen LogP) is 4.52. The van der Waals surface area contributed by atoms with Crippen molar-refractivity contribution < 1.29 is 17.4 Å². The molecule has 152 valence electrons. The highest BCUT2D eigenvalue weighted by Crippen LogP contribution is 2.26. The second-order valence-corrected chi connectivity index (χ2v) is 8.87. The smallest absolute Gasteiger partial charge is 0.308 e. The molecule has 2 aromatic carbocycles. The van der Waals surface area contributed by atoms with Gasteiger partial charge in [-0.15, -0.1) is 11.6 Å². The lowest BCUT2D eigenvalue weighted by atomic mass is 10.1. The van der Waals surface area contributed by atoms with Crippen LogP contribution in [-0.2, 0) is 21.5 Å². The molecule has 0 aliphatic carbocycles. The minimum Gasteiger partial charge on any atom is -0.382 e. The van der Waals surface area contributed by atoms with Crippen LogP contribution in [0.25, 0.3) is 0 Å². The van der Waals surface area contributed by atoms with Crippen molar-refractivity contribution in [1.82, 2.24) is 4.90 Å². The molecule has 0 N–H and O–H groups in total. The van der Waals surface area contributed by atoms with Gasteiger partial charge in [-0.1, -0.05) is 49.4 Å². The third-order valence-corrected chi connectivity index (χ3v) is 6.14.